The Balaban J connectivity index is 2.24. The van der Waals surface area contributed by atoms with Crippen molar-refractivity contribution in [2.75, 3.05) is 19.4 Å². The van der Waals surface area contributed by atoms with Gasteiger partial charge in [-0.3, -0.25) is 4.21 Å². The van der Waals surface area contributed by atoms with E-state index in [4.69, 9.17) is 4.74 Å². The van der Waals surface area contributed by atoms with Gasteiger partial charge < -0.3 is 10.1 Å². The zero-order valence-electron chi connectivity index (χ0n) is 12.4. The quantitative estimate of drug-likeness (QED) is 0.745. The van der Waals surface area contributed by atoms with E-state index in [0.29, 0.717) is 6.61 Å². The average Bonchev–Trinajstić information content (AvgIpc) is 2.39. The van der Waals surface area contributed by atoms with Crippen molar-refractivity contribution in [2.45, 2.75) is 44.0 Å². The molecule has 0 aliphatic heterocycles. The van der Waals surface area contributed by atoms with Crippen LogP contribution in [0.25, 0.3) is 0 Å². The lowest BCUT2D eigenvalue weighted by Crippen LogP contribution is -2.39. The summed E-state index contributed by atoms with van der Waals surface area (Å²) in [5, 5.41) is 3.50. The number of hydrogen-bond acceptors (Lipinski definition) is 3. The van der Waals surface area contributed by atoms with Crippen molar-refractivity contribution in [3.8, 4) is 5.75 Å². The van der Waals surface area contributed by atoms with Crippen LogP contribution in [0.1, 0.15) is 33.6 Å². The fraction of sp³-hybridized carbons (Fsp3) is 0.600. The second kappa shape index (κ2) is 7.65. The van der Waals surface area contributed by atoms with Gasteiger partial charge in [-0.25, -0.2) is 0 Å². The largest absolute Gasteiger partial charge is 0.494 e. The lowest BCUT2D eigenvalue weighted by atomic mass is 10.0. The molecule has 1 aromatic rings. The Hall–Kier alpha value is -0.870. The molecule has 4 heteroatoms. The van der Waals surface area contributed by atoms with Gasteiger partial charge in [-0.2, -0.15) is 0 Å². The first-order chi connectivity index (χ1) is 8.94. The van der Waals surface area contributed by atoms with Gasteiger partial charge in [0.05, 0.1) is 6.61 Å². The van der Waals surface area contributed by atoms with Crippen LogP contribution < -0.4 is 10.1 Å². The summed E-state index contributed by atoms with van der Waals surface area (Å²) in [7, 11) is -0.923. The first-order valence-corrected chi connectivity index (χ1v) is 8.32. The smallest absolute Gasteiger partial charge is 0.119 e. The van der Waals surface area contributed by atoms with Crippen molar-refractivity contribution in [3.63, 3.8) is 0 Å². The molecule has 0 bridgehead atoms. The van der Waals surface area contributed by atoms with Gasteiger partial charge in [-0.1, -0.05) is 6.92 Å². The van der Waals surface area contributed by atoms with Crippen LogP contribution in [0.15, 0.2) is 29.2 Å². The molecule has 0 amide bonds. The topological polar surface area (TPSA) is 38.3 Å². The Morgan fingerprint density at radius 3 is 2.42 bits per heavy atom. The molecule has 19 heavy (non-hydrogen) atoms. The summed E-state index contributed by atoms with van der Waals surface area (Å²) in [5.74, 6) is 0.837. The number of rotatable bonds is 8. The molecule has 108 valence electrons. The van der Waals surface area contributed by atoms with Gasteiger partial charge in [0, 0.05) is 27.5 Å². The summed E-state index contributed by atoms with van der Waals surface area (Å²) in [6.07, 6.45) is 3.77. The van der Waals surface area contributed by atoms with Gasteiger partial charge in [-0.15, -0.1) is 0 Å². The van der Waals surface area contributed by atoms with Crippen LogP contribution in [0.3, 0.4) is 0 Å². The van der Waals surface area contributed by atoms with E-state index in [1.807, 2.05) is 24.3 Å². The molecule has 1 aromatic carbocycles. The molecule has 0 saturated heterocycles. The normalized spacial score (nSPS) is 13.3. The highest BCUT2D eigenvalue weighted by atomic mass is 32.2. The minimum absolute atomic E-state index is 0.201. The van der Waals surface area contributed by atoms with Gasteiger partial charge in [0.15, 0.2) is 0 Å². The van der Waals surface area contributed by atoms with Gasteiger partial charge >= 0.3 is 0 Å². The molecule has 0 spiro atoms. The highest BCUT2D eigenvalue weighted by Gasteiger charge is 2.12. The van der Waals surface area contributed by atoms with Gasteiger partial charge in [0.25, 0.3) is 0 Å². The highest BCUT2D eigenvalue weighted by Crippen LogP contribution is 2.14. The molecule has 1 rings (SSSR count). The highest BCUT2D eigenvalue weighted by molar-refractivity contribution is 7.84. The molecule has 0 saturated carbocycles. The maximum Gasteiger partial charge on any atom is 0.119 e. The summed E-state index contributed by atoms with van der Waals surface area (Å²) in [6.45, 7) is 8.25. The SMILES string of the molecule is CCC(C)(C)NCCCOc1ccc(S(C)=O)cc1. The summed E-state index contributed by atoms with van der Waals surface area (Å²) in [4.78, 5) is 0.832. The monoisotopic (exact) mass is 283 g/mol. The summed E-state index contributed by atoms with van der Waals surface area (Å²) in [5.41, 5.74) is 0.201. The fourth-order valence-electron chi connectivity index (χ4n) is 1.54. The molecule has 1 atom stereocenters. The Labute approximate surface area is 119 Å². The predicted molar refractivity (Wildman–Crippen MR) is 81.3 cm³/mol. The van der Waals surface area contributed by atoms with E-state index in [0.717, 1.165) is 30.0 Å². The van der Waals surface area contributed by atoms with Gasteiger partial charge in [0.1, 0.15) is 5.75 Å². The van der Waals surface area contributed by atoms with Crippen molar-refractivity contribution in [1.29, 1.82) is 0 Å². The van der Waals surface area contributed by atoms with Crippen molar-refractivity contribution >= 4 is 10.8 Å². The molecule has 1 unspecified atom stereocenters. The molecule has 0 aliphatic carbocycles. The van der Waals surface area contributed by atoms with E-state index in [2.05, 4.69) is 26.1 Å². The van der Waals surface area contributed by atoms with E-state index in [1.54, 1.807) is 6.26 Å². The molecule has 0 aromatic heterocycles. The molecule has 0 radical (unpaired) electrons. The lowest BCUT2D eigenvalue weighted by Gasteiger charge is -2.24. The molecule has 0 heterocycles. The Morgan fingerprint density at radius 2 is 1.89 bits per heavy atom. The third kappa shape index (κ3) is 6.21. The second-order valence-corrected chi connectivity index (χ2v) is 6.67. The third-order valence-corrected chi connectivity index (χ3v) is 4.17. The molecule has 0 fully saturated rings. The van der Waals surface area contributed by atoms with Crippen LogP contribution in [0.5, 0.6) is 5.75 Å². The molecule has 3 nitrogen and oxygen atoms in total. The van der Waals surface area contributed by atoms with Crippen LogP contribution in [0.2, 0.25) is 0 Å². The van der Waals surface area contributed by atoms with E-state index >= 15 is 0 Å². The summed E-state index contributed by atoms with van der Waals surface area (Å²) in [6, 6.07) is 7.45. The van der Waals surface area contributed by atoms with Crippen molar-refractivity contribution in [1.82, 2.24) is 5.32 Å². The first kappa shape index (κ1) is 16.2. The summed E-state index contributed by atoms with van der Waals surface area (Å²) < 4.78 is 16.9. The maximum absolute atomic E-state index is 11.2. The zero-order chi connectivity index (χ0) is 14.3. The number of benzene rings is 1. The molecule has 1 N–H and O–H groups in total. The number of hydrogen-bond donors (Lipinski definition) is 1. The van der Waals surface area contributed by atoms with Crippen LogP contribution in [-0.4, -0.2) is 29.2 Å². The van der Waals surface area contributed by atoms with E-state index in [1.165, 1.54) is 0 Å². The van der Waals surface area contributed by atoms with Gasteiger partial charge in [-0.05, 0) is 57.5 Å². The molecule has 0 aliphatic rings. The van der Waals surface area contributed by atoms with Crippen LogP contribution in [-0.2, 0) is 10.8 Å². The molecular formula is C15H25NO2S. The van der Waals surface area contributed by atoms with E-state index < -0.39 is 10.8 Å². The fourth-order valence-corrected chi connectivity index (χ4v) is 2.06. The minimum Gasteiger partial charge on any atom is -0.494 e. The Morgan fingerprint density at radius 1 is 1.26 bits per heavy atom. The zero-order valence-corrected chi connectivity index (χ0v) is 13.2. The molecular weight excluding hydrogens is 258 g/mol. The summed E-state index contributed by atoms with van der Waals surface area (Å²) >= 11 is 0. The number of ether oxygens (including phenoxy) is 1. The predicted octanol–water partition coefficient (Wildman–Crippen LogP) is 2.97. The Bertz CT molecular complexity index is 401. The van der Waals surface area contributed by atoms with Crippen molar-refractivity contribution in [3.05, 3.63) is 24.3 Å². The number of nitrogens with one attached hydrogen (secondary N) is 1. The second-order valence-electron chi connectivity index (χ2n) is 5.29. The van der Waals surface area contributed by atoms with Crippen molar-refractivity contribution in [2.24, 2.45) is 0 Å². The van der Waals surface area contributed by atoms with Crippen molar-refractivity contribution < 1.29 is 8.95 Å². The van der Waals surface area contributed by atoms with E-state index in [9.17, 15) is 4.21 Å². The van der Waals surface area contributed by atoms with E-state index in [-0.39, 0.29) is 5.54 Å². The third-order valence-electron chi connectivity index (χ3n) is 3.23. The maximum atomic E-state index is 11.2. The standard InChI is InChI=1S/C15H25NO2S/c1-5-15(2,3)16-11-6-12-18-13-7-9-14(10-8-13)19(4)17/h7-10,16H,5-6,11-12H2,1-4H3. The van der Waals surface area contributed by atoms with Crippen LogP contribution in [0, 0.1) is 0 Å². The van der Waals surface area contributed by atoms with Crippen LogP contribution >= 0.6 is 0 Å². The Kier molecular flexibility index (Phi) is 6.52. The minimum atomic E-state index is -0.923. The average molecular weight is 283 g/mol. The lowest BCUT2D eigenvalue weighted by molar-refractivity contribution is 0.292. The van der Waals surface area contributed by atoms with Gasteiger partial charge in [0.2, 0.25) is 0 Å². The first-order valence-electron chi connectivity index (χ1n) is 6.76. The van der Waals surface area contributed by atoms with Crippen LogP contribution in [0.4, 0.5) is 0 Å².